The van der Waals surface area contributed by atoms with Crippen molar-refractivity contribution in [3.63, 3.8) is 0 Å². The van der Waals surface area contributed by atoms with Gasteiger partial charge in [-0.05, 0) is 31.1 Å². The fraction of sp³-hybridized carbons (Fsp3) is 0.917. The first kappa shape index (κ1) is 13.8. The number of carbonyl (C=O) groups is 1. The average Bonchev–Trinajstić information content (AvgIpc) is 2.27. The summed E-state index contributed by atoms with van der Waals surface area (Å²) >= 11 is 0. The van der Waals surface area contributed by atoms with Gasteiger partial charge in [-0.25, -0.2) is 8.42 Å². The molecule has 0 radical (unpaired) electrons. The molecule has 3 unspecified atom stereocenters. The zero-order chi connectivity index (χ0) is 13.3. The first-order valence-corrected chi connectivity index (χ1v) is 8.24. The Kier molecular flexibility index (Phi) is 3.96. The molecule has 5 nitrogen and oxygen atoms in total. The van der Waals surface area contributed by atoms with Crippen molar-refractivity contribution in [1.82, 2.24) is 4.31 Å². The molecule has 0 aromatic carbocycles. The fourth-order valence-corrected chi connectivity index (χ4v) is 4.99. The summed E-state index contributed by atoms with van der Waals surface area (Å²) in [6.45, 7) is 2.67. The third-order valence-corrected chi connectivity index (χ3v) is 6.13. The molecule has 6 heteroatoms. The molecule has 2 rings (SSSR count). The standard InChI is InChI=1S/C12H21NO4S/c1-9-6-7-13(18(16,17)8-12(14)15)11-5-3-2-4-10(9)11/h9-11H,2-8H2,1H3,(H,14,15). The average molecular weight is 275 g/mol. The normalized spacial score (nSPS) is 33.9. The molecule has 0 aromatic heterocycles. The van der Waals surface area contributed by atoms with Crippen LogP contribution in [0.15, 0.2) is 0 Å². The molecule has 18 heavy (non-hydrogen) atoms. The number of hydrogen-bond donors (Lipinski definition) is 1. The van der Waals surface area contributed by atoms with Gasteiger partial charge in [0.25, 0.3) is 0 Å². The van der Waals surface area contributed by atoms with Crippen molar-refractivity contribution in [3.8, 4) is 0 Å². The van der Waals surface area contributed by atoms with Crippen LogP contribution in [0.1, 0.15) is 39.0 Å². The monoisotopic (exact) mass is 275 g/mol. The van der Waals surface area contributed by atoms with Gasteiger partial charge in [0, 0.05) is 12.6 Å². The highest BCUT2D eigenvalue weighted by atomic mass is 32.2. The van der Waals surface area contributed by atoms with Crippen molar-refractivity contribution < 1.29 is 18.3 Å². The van der Waals surface area contributed by atoms with Gasteiger partial charge in [0.15, 0.2) is 5.75 Å². The molecular weight excluding hydrogens is 254 g/mol. The highest BCUT2D eigenvalue weighted by Gasteiger charge is 2.42. The van der Waals surface area contributed by atoms with Gasteiger partial charge in [-0.15, -0.1) is 0 Å². The van der Waals surface area contributed by atoms with E-state index in [0.717, 1.165) is 25.7 Å². The number of carboxylic acid groups (broad SMARTS) is 1. The van der Waals surface area contributed by atoms with Crippen LogP contribution in [-0.2, 0) is 14.8 Å². The van der Waals surface area contributed by atoms with E-state index >= 15 is 0 Å². The van der Waals surface area contributed by atoms with Crippen LogP contribution in [0.3, 0.4) is 0 Å². The Hall–Kier alpha value is -0.620. The molecule has 1 aliphatic heterocycles. The van der Waals surface area contributed by atoms with Crippen LogP contribution in [0.25, 0.3) is 0 Å². The van der Waals surface area contributed by atoms with Gasteiger partial charge in [0.05, 0.1) is 0 Å². The smallest absolute Gasteiger partial charge is 0.320 e. The maximum absolute atomic E-state index is 12.1. The summed E-state index contributed by atoms with van der Waals surface area (Å²) < 4.78 is 25.7. The van der Waals surface area contributed by atoms with Gasteiger partial charge in [-0.2, -0.15) is 4.31 Å². The number of piperidine rings is 1. The van der Waals surface area contributed by atoms with E-state index in [-0.39, 0.29) is 6.04 Å². The van der Waals surface area contributed by atoms with Gasteiger partial charge in [-0.3, -0.25) is 4.79 Å². The second-order valence-electron chi connectivity index (χ2n) is 5.54. The number of nitrogens with zero attached hydrogens (tertiary/aromatic N) is 1. The number of fused-ring (bicyclic) bond motifs is 1. The van der Waals surface area contributed by atoms with Gasteiger partial charge in [0.1, 0.15) is 0 Å². The Balaban J connectivity index is 2.19. The minimum Gasteiger partial charge on any atom is -0.480 e. The molecule has 0 aromatic rings. The summed E-state index contributed by atoms with van der Waals surface area (Å²) in [6, 6.07) is 0.0341. The lowest BCUT2D eigenvalue weighted by Gasteiger charge is -2.46. The van der Waals surface area contributed by atoms with Gasteiger partial charge in [0.2, 0.25) is 10.0 Å². The van der Waals surface area contributed by atoms with Crippen LogP contribution in [0.2, 0.25) is 0 Å². The topological polar surface area (TPSA) is 74.7 Å². The van der Waals surface area contributed by atoms with Crippen molar-refractivity contribution in [1.29, 1.82) is 0 Å². The lowest BCUT2D eigenvalue weighted by Crippen LogP contribution is -2.53. The third kappa shape index (κ3) is 2.69. The zero-order valence-corrected chi connectivity index (χ0v) is 11.5. The summed E-state index contributed by atoms with van der Waals surface area (Å²) in [5.41, 5.74) is 0. The molecule has 2 fully saturated rings. The maximum Gasteiger partial charge on any atom is 0.320 e. The summed E-state index contributed by atoms with van der Waals surface area (Å²) in [6.07, 6.45) is 5.02. The number of carboxylic acids is 1. The van der Waals surface area contributed by atoms with E-state index in [4.69, 9.17) is 5.11 Å². The van der Waals surface area contributed by atoms with Crippen LogP contribution in [0, 0.1) is 11.8 Å². The van der Waals surface area contributed by atoms with Crippen LogP contribution in [0.5, 0.6) is 0 Å². The lowest BCUT2D eigenvalue weighted by atomic mass is 9.74. The predicted molar refractivity (Wildman–Crippen MR) is 67.7 cm³/mol. The van der Waals surface area contributed by atoms with Crippen LogP contribution in [0.4, 0.5) is 0 Å². The highest BCUT2D eigenvalue weighted by Crippen LogP contribution is 2.39. The molecule has 0 bridgehead atoms. The number of rotatable bonds is 3. The van der Waals surface area contributed by atoms with Crippen molar-refractivity contribution >= 4 is 16.0 Å². The van der Waals surface area contributed by atoms with E-state index in [1.165, 1.54) is 10.7 Å². The molecule has 1 aliphatic carbocycles. The SMILES string of the molecule is CC1CCN(S(=O)(=O)CC(=O)O)C2CCCCC12. The van der Waals surface area contributed by atoms with Crippen LogP contribution in [-0.4, -0.2) is 42.1 Å². The van der Waals surface area contributed by atoms with Crippen molar-refractivity contribution in [3.05, 3.63) is 0 Å². The summed E-state index contributed by atoms with van der Waals surface area (Å²) in [4.78, 5) is 10.7. The van der Waals surface area contributed by atoms with Crippen molar-refractivity contribution in [2.24, 2.45) is 11.8 Å². The molecule has 3 atom stereocenters. The molecule has 0 amide bonds. The van der Waals surface area contributed by atoms with Gasteiger partial charge >= 0.3 is 5.97 Å². The Morgan fingerprint density at radius 1 is 1.28 bits per heavy atom. The lowest BCUT2D eigenvalue weighted by molar-refractivity contribution is -0.134. The van der Waals surface area contributed by atoms with E-state index in [1.54, 1.807) is 0 Å². The largest absolute Gasteiger partial charge is 0.480 e. The quantitative estimate of drug-likeness (QED) is 0.842. The second kappa shape index (κ2) is 5.17. The third-order valence-electron chi connectivity index (χ3n) is 4.35. The minimum absolute atomic E-state index is 0.0341. The second-order valence-corrected chi connectivity index (χ2v) is 7.46. The Morgan fingerprint density at radius 2 is 1.94 bits per heavy atom. The Labute approximate surface area is 108 Å². The molecular formula is C12H21NO4S. The molecule has 1 saturated carbocycles. The van der Waals surface area contributed by atoms with Crippen LogP contribution >= 0.6 is 0 Å². The maximum atomic E-state index is 12.1. The summed E-state index contributed by atoms with van der Waals surface area (Å²) in [5.74, 6) is -1.08. The number of sulfonamides is 1. The molecule has 1 N–H and O–H groups in total. The van der Waals surface area contributed by atoms with Crippen molar-refractivity contribution in [2.45, 2.75) is 45.1 Å². The summed E-state index contributed by atoms with van der Waals surface area (Å²) in [7, 11) is -3.64. The summed E-state index contributed by atoms with van der Waals surface area (Å²) in [5, 5.41) is 8.72. The molecule has 104 valence electrons. The molecule has 1 saturated heterocycles. The first-order valence-electron chi connectivity index (χ1n) is 6.63. The van der Waals surface area contributed by atoms with E-state index in [1.807, 2.05) is 0 Å². The van der Waals surface area contributed by atoms with E-state index < -0.39 is 21.7 Å². The van der Waals surface area contributed by atoms with Crippen molar-refractivity contribution in [2.75, 3.05) is 12.3 Å². The van der Waals surface area contributed by atoms with Gasteiger partial charge < -0.3 is 5.11 Å². The minimum atomic E-state index is -3.64. The van der Waals surface area contributed by atoms with Gasteiger partial charge in [-0.1, -0.05) is 19.8 Å². The first-order chi connectivity index (χ1) is 8.42. The number of aliphatic carboxylic acids is 1. The molecule has 0 spiro atoms. The van der Waals surface area contributed by atoms with Crippen LogP contribution < -0.4 is 0 Å². The fourth-order valence-electron chi connectivity index (χ4n) is 3.46. The van der Waals surface area contributed by atoms with E-state index in [2.05, 4.69) is 6.92 Å². The Bertz CT molecular complexity index is 420. The molecule has 1 heterocycles. The van der Waals surface area contributed by atoms with E-state index in [9.17, 15) is 13.2 Å². The highest BCUT2D eigenvalue weighted by molar-refractivity contribution is 7.89. The molecule has 2 aliphatic rings. The predicted octanol–water partition coefficient (Wildman–Crippen LogP) is 1.30. The number of hydrogen-bond acceptors (Lipinski definition) is 3. The van der Waals surface area contributed by atoms with E-state index in [0.29, 0.717) is 18.4 Å². The Morgan fingerprint density at radius 3 is 2.61 bits per heavy atom. The zero-order valence-electron chi connectivity index (χ0n) is 10.7.